The first-order valence-electron chi connectivity index (χ1n) is 11.2. The van der Waals surface area contributed by atoms with Gasteiger partial charge in [-0.3, -0.25) is 19.6 Å². The van der Waals surface area contributed by atoms with Crippen molar-refractivity contribution in [3.63, 3.8) is 0 Å². The van der Waals surface area contributed by atoms with Gasteiger partial charge in [0.2, 0.25) is 5.91 Å². The van der Waals surface area contributed by atoms with Crippen molar-refractivity contribution in [2.75, 3.05) is 37.6 Å². The summed E-state index contributed by atoms with van der Waals surface area (Å²) in [6, 6.07) is 7.75. The highest BCUT2D eigenvalue weighted by Crippen LogP contribution is 2.33. The van der Waals surface area contributed by atoms with Gasteiger partial charge in [-0.05, 0) is 37.8 Å². The molecule has 3 aliphatic rings. The third kappa shape index (κ3) is 3.49. The predicted molar refractivity (Wildman–Crippen MR) is 119 cm³/mol. The zero-order valence-corrected chi connectivity index (χ0v) is 18.0. The lowest BCUT2D eigenvalue weighted by atomic mass is 10.1. The molecule has 0 bridgehead atoms. The number of aryl methyl sites for hydroxylation is 1. The number of hydrogen-bond donors (Lipinski definition) is 0. The monoisotopic (exact) mass is 420 g/mol. The molecule has 0 saturated carbocycles. The maximum atomic E-state index is 13.5. The summed E-state index contributed by atoms with van der Waals surface area (Å²) in [5.41, 5.74) is 2.76. The first-order valence-corrected chi connectivity index (χ1v) is 11.2. The second kappa shape index (κ2) is 8.17. The molecule has 8 heteroatoms. The maximum absolute atomic E-state index is 13.5. The van der Waals surface area contributed by atoms with Crippen molar-refractivity contribution in [2.45, 2.75) is 39.0 Å². The number of carbonyl (C=O) groups excluding carboxylic acids is 2. The van der Waals surface area contributed by atoms with Crippen molar-refractivity contribution >= 4 is 23.6 Å². The number of aromatic nitrogens is 2. The van der Waals surface area contributed by atoms with Gasteiger partial charge in [0.05, 0.1) is 17.4 Å². The molecule has 8 nitrogen and oxygen atoms in total. The number of amides is 3. The molecule has 2 aromatic rings. The van der Waals surface area contributed by atoms with Gasteiger partial charge >= 0.3 is 6.03 Å². The summed E-state index contributed by atoms with van der Waals surface area (Å²) >= 11 is 0. The summed E-state index contributed by atoms with van der Waals surface area (Å²) in [6.45, 7) is 4.88. The lowest BCUT2D eigenvalue weighted by Gasteiger charge is -2.38. The van der Waals surface area contributed by atoms with Crippen LogP contribution in [0.15, 0.2) is 35.5 Å². The van der Waals surface area contributed by atoms with E-state index >= 15 is 0 Å². The van der Waals surface area contributed by atoms with Crippen LogP contribution in [-0.2, 0) is 4.79 Å². The summed E-state index contributed by atoms with van der Waals surface area (Å²) in [5, 5.41) is 4.63. The first kappa shape index (κ1) is 19.8. The van der Waals surface area contributed by atoms with Gasteiger partial charge < -0.3 is 4.90 Å². The zero-order chi connectivity index (χ0) is 21.4. The fourth-order valence-corrected chi connectivity index (χ4v) is 4.69. The van der Waals surface area contributed by atoms with E-state index in [4.69, 9.17) is 0 Å². The number of likely N-dealkylation sites (tertiary alicyclic amines) is 1. The number of nitrogens with zero attached hydrogens (tertiary/aromatic N) is 6. The van der Waals surface area contributed by atoms with E-state index in [-0.39, 0.29) is 18.5 Å². The Labute approximate surface area is 182 Å². The summed E-state index contributed by atoms with van der Waals surface area (Å²) in [6.07, 6.45) is 6.96. The Bertz CT molecular complexity index is 1030. The van der Waals surface area contributed by atoms with Gasteiger partial charge in [0.15, 0.2) is 5.82 Å². The maximum Gasteiger partial charge on any atom is 0.331 e. The van der Waals surface area contributed by atoms with E-state index in [2.05, 4.69) is 10.1 Å². The molecule has 162 valence electrons. The molecule has 0 atom stereocenters. The fourth-order valence-electron chi connectivity index (χ4n) is 4.69. The molecular formula is C23H28N6O2. The number of para-hydroxylation sites is 1. The normalized spacial score (nSPS) is 18.9. The van der Waals surface area contributed by atoms with Crippen LogP contribution in [0.5, 0.6) is 0 Å². The van der Waals surface area contributed by atoms with E-state index in [9.17, 15) is 9.59 Å². The predicted octanol–water partition coefficient (Wildman–Crippen LogP) is 2.98. The molecule has 31 heavy (non-hydrogen) atoms. The van der Waals surface area contributed by atoms with Crippen molar-refractivity contribution in [1.29, 1.82) is 0 Å². The number of fused-ring (bicyclic) bond motifs is 3. The van der Waals surface area contributed by atoms with Crippen LogP contribution in [0.1, 0.15) is 43.2 Å². The van der Waals surface area contributed by atoms with Crippen LogP contribution < -0.4 is 4.90 Å². The molecule has 3 amide bonds. The van der Waals surface area contributed by atoms with E-state index in [1.165, 1.54) is 0 Å². The minimum absolute atomic E-state index is 0.00358. The number of anilines is 1. The highest BCUT2D eigenvalue weighted by molar-refractivity contribution is 6.19. The van der Waals surface area contributed by atoms with Gasteiger partial charge in [0.1, 0.15) is 12.4 Å². The molecular weight excluding hydrogens is 392 g/mol. The van der Waals surface area contributed by atoms with Crippen LogP contribution in [-0.4, -0.2) is 70.1 Å². The first-order chi connectivity index (χ1) is 15.1. The number of aliphatic imine (C=N–C) groups is 1. The number of hydrogen-bond acceptors (Lipinski definition) is 4. The summed E-state index contributed by atoms with van der Waals surface area (Å²) in [5.74, 6) is 1.31. The number of benzene rings is 1. The van der Waals surface area contributed by atoms with Crippen molar-refractivity contribution in [3.8, 4) is 5.69 Å². The summed E-state index contributed by atoms with van der Waals surface area (Å²) in [7, 11) is 0. The Morgan fingerprint density at radius 2 is 1.81 bits per heavy atom. The smallest absolute Gasteiger partial charge is 0.331 e. The molecule has 4 heterocycles. The minimum atomic E-state index is -0.190. The lowest BCUT2D eigenvalue weighted by molar-refractivity contribution is -0.129. The summed E-state index contributed by atoms with van der Waals surface area (Å²) < 4.78 is 1.78. The number of urea groups is 1. The Morgan fingerprint density at radius 3 is 2.58 bits per heavy atom. The van der Waals surface area contributed by atoms with Crippen LogP contribution in [0.25, 0.3) is 5.69 Å². The van der Waals surface area contributed by atoms with Crippen molar-refractivity contribution < 1.29 is 9.59 Å². The lowest BCUT2D eigenvalue weighted by Crippen LogP contribution is -2.56. The van der Waals surface area contributed by atoms with E-state index in [1.54, 1.807) is 20.7 Å². The molecule has 0 radical (unpaired) electrons. The quantitative estimate of drug-likeness (QED) is 0.766. The molecule has 0 N–H and O–H groups in total. The second-order valence-corrected chi connectivity index (χ2v) is 8.45. The highest BCUT2D eigenvalue weighted by atomic mass is 16.2. The van der Waals surface area contributed by atoms with Gasteiger partial charge in [-0.25, -0.2) is 9.48 Å². The van der Waals surface area contributed by atoms with Crippen LogP contribution in [0, 0.1) is 6.92 Å². The average Bonchev–Trinajstić information content (AvgIpc) is 3.03. The molecule has 0 spiro atoms. The van der Waals surface area contributed by atoms with Gasteiger partial charge in [-0.2, -0.15) is 5.10 Å². The molecule has 0 aliphatic carbocycles. The molecule has 1 fully saturated rings. The van der Waals surface area contributed by atoms with E-state index in [0.717, 1.165) is 62.0 Å². The summed E-state index contributed by atoms with van der Waals surface area (Å²) in [4.78, 5) is 36.6. The van der Waals surface area contributed by atoms with Crippen molar-refractivity contribution in [2.24, 2.45) is 4.99 Å². The molecule has 1 aromatic heterocycles. The van der Waals surface area contributed by atoms with Crippen LogP contribution in [0.3, 0.4) is 0 Å². The highest BCUT2D eigenvalue weighted by Gasteiger charge is 2.40. The number of rotatable bonds is 3. The van der Waals surface area contributed by atoms with Crippen LogP contribution >= 0.6 is 0 Å². The Balaban J connectivity index is 1.57. The molecule has 3 aliphatic heterocycles. The van der Waals surface area contributed by atoms with Crippen LogP contribution in [0.4, 0.5) is 10.6 Å². The second-order valence-electron chi connectivity index (χ2n) is 8.45. The molecule has 1 saturated heterocycles. The van der Waals surface area contributed by atoms with Gasteiger partial charge in [-0.1, -0.05) is 31.0 Å². The van der Waals surface area contributed by atoms with Gasteiger partial charge in [-0.15, -0.1) is 0 Å². The van der Waals surface area contributed by atoms with Crippen molar-refractivity contribution in [1.82, 2.24) is 19.6 Å². The van der Waals surface area contributed by atoms with Crippen molar-refractivity contribution in [3.05, 3.63) is 41.6 Å². The topological polar surface area (TPSA) is 74.0 Å². The van der Waals surface area contributed by atoms with E-state index in [0.29, 0.717) is 24.7 Å². The molecule has 1 aromatic carbocycles. The van der Waals surface area contributed by atoms with E-state index < -0.39 is 0 Å². The molecule has 5 rings (SSSR count). The third-order valence-electron chi connectivity index (χ3n) is 6.36. The van der Waals surface area contributed by atoms with Crippen LogP contribution in [0.2, 0.25) is 0 Å². The van der Waals surface area contributed by atoms with Gasteiger partial charge in [0.25, 0.3) is 0 Å². The Kier molecular flexibility index (Phi) is 5.21. The largest absolute Gasteiger partial charge is 0.341 e. The minimum Gasteiger partial charge on any atom is -0.341 e. The third-order valence-corrected chi connectivity index (χ3v) is 6.36. The molecule has 0 unspecified atom stereocenters. The SMILES string of the molecule is Cc1ccccc1-n1ncc2c1N(CC(=O)N1CCCCCC1)C(=O)N1CCCN=C21. The Morgan fingerprint density at radius 1 is 1.03 bits per heavy atom. The van der Waals surface area contributed by atoms with E-state index in [1.807, 2.05) is 36.1 Å². The fraction of sp³-hybridized carbons (Fsp3) is 0.478. The Hall–Kier alpha value is -3.16. The average molecular weight is 421 g/mol. The number of carbonyl (C=O) groups is 2. The van der Waals surface area contributed by atoms with Gasteiger partial charge in [0, 0.05) is 26.2 Å². The zero-order valence-electron chi connectivity index (χ0n) is 18.0. The standard InChI is InChI=1S/C23H28N6O2/c1-17-9-4-5-10-19(17)29-22-18(15-25-29)21-24-11-8-14-27(21)23(31)28(22)16-20(30)26-12-6-2-3-7-13-26/h4-5,9-10,15H,2-3,6-8,11-14,16H2,1H3. The number of amidine groups is 1.